The van der Waals surface area contributed by atoms with E-state index in [9.17, 15) is 19.6 Å². The number of anilines is 2. The first-order chi connectivity index (χ1) is 15.1. The molecule has 2 aromatic carbocycles. The summed E-state index contributed by atoms with van der Waals surface area (Å²) >= 11 is 0. The van der Waals surface area contributed by atoms with Gasteiger partial charge in [-0.25, -0.2) is 9.59 Å². The Kier molecular flexibility index (Phi) is 6.40. The summed E-state index contributed by atoms with van der Waals surface area (Å²) in [5.41, 5.74) is 1.86. The van der Waals surface area contributed by atoms with Crippen molar-refractivity contribution in [3.8, 4) is 0 Å². The summed E-state index contributed by atoms with van der Waals surface area (Å²) in [5.74, 6) is -0.607. The van der Waals surface area contributed by atoms with Crippen molar-refractivity contribution in [1.29, 1.82) is 0 Å². The van der Waals surface area contributed by atoms with E-state index in [4.69, 9.17) is 4.74 Å². The summed E-state index contributed by atoms with van der Waals surface area (Å²) < 4.78 is 4.74. The standard InChI is InChI=1S/C23H28N4O5/c1-15-6-10-17(11-7-15)24-21(29)27(31)20-23(3,4)25(14-19(28)32-5)22(30)26(20)18-12-8-16(2)9-13-18/h6-13,20,31H,14H2,1-5H3,(H,24,29)/t20-/m0/s1. The number of ether oxygens (including phenoxy) is 1. The molecule has 0 aromatic heterocycles. The van der Waals surface area contributed by atoms with Gasteiger partial charge >= 0.3 is 18.0 Å². The molecule has 9 nitrogen and oxygen atoms in total. The van der Waals surface area contributed by atoms with Crippen LogP contribution in [0.5, 0.6) is 0 Å². The Bertz CT molecular complexity index is 1000. The van der Waals surface area contributed by atoms with Gasteiger partial charge in [0.25, 0.3) is 0 Å². The summed E-state index contributed by atoms with van der Waals surface area (Å²) in [6, 6.07) is 12.9. The van der Waals surface area contributed by atoms with Crippen LogP contribution in [0.15, 0.2) is 48.5 Å². The number of carbonyl (C=O) groups excluding carboxylic acids is 3. The highest BCUT2D eigenvalue weighted by Gasteiger charge is 2.56. The number of hydrogen-bond donors (Lipinski definition) is 2. The minimum atomic E-state index is -1.13. The quantitative estimate of drug-likeness (QED) is 0.419. The Morgan fingerprint density at radius 1 is 1.06 bits per heavy atom. The zero-order chi connectivity index (χ0) is 23.6. The lowest BCUT2D eigenvalue weighted by atomic mass is 9.99. The van der Waals surface area contributed by atoms with Crippen molar-refractivity contribution in [3.63, 3.8) is 0 Å². The Morgan fingerprint density at radius 3 is 2.12 bits per heavy atom. The average molecular weight is 441 g/mol. The van der Waals surface area contributed by atoms with E-state index in [0.717, 1.165) is 11.1 Å². The van der Waals surface area contributed by atoms with E-state index >= 15 is 0 Å². The second-order valence-corrected chi connectivity index (χ2v) is 8.32. The number of aryl methyl sites for hydroxylation is 2. The van der Waals surface area contributed by atoms with Gasteiger partial charge in [0.2, 0.25) is 0 Å². The molecule has 1 aliphatic heterocycles. The number of methoxy groups -OCH3 is 1. The van der Waals surface area contributed by atoms with E-state index in [1.165, 1.54) is 16.9 Å². The minimum Gasteiger partial charge on any atom is -0.468 e. The van der Waals surface area contributed by atoms with Gasteiger partial charge in [-0.05, 0) is 52.0 Å². The van der Waals surface area contributed by atoms with Gasteiger partial charge in [0.1, 0.15) is 6.54 Å². The van der Waals surface area contributed by atoms with Crippen LogP contribution in [0.3, 0.4) is 0 Å². The maximum atomic E-state index is 13.4. The number of rotatable bonds is 5. The van der Waals surface area contributed by atoms with Gasteiger partial charge in [-0.3, -0.25) is 14.9 Å². The van der Waals surface area contributed by atoms with E-state index < -0.39 is 29.7 Å². The molecule has 4 amide bonds. The molecule has 3 rings (SSSR count). The minimum absolute atomic E-state index is 0.325. The summed E-state index contributed by atoms with van der Waals surface area (Å²) in [7, 11) is 1.23. The van der Waals surface area contributed by atoms with Crippen molar-refractivity contribution in [2.75, 3.05) is 23.9 Å². The fourth-order valence-electron chi connectivity index (χ4n) is 3.70. The third kappa shape index (κ3) is 4.38. The molecule has 0 spiro atoms. The molecule has 0 aliphatic carbocycles. The molecule has 1 aliphatic rings. The molecule has 1 saturated heterocycles. The van der Waals surface area contributed by atoms with Crippen LogP contribution in [0.4, 0.5) is 21.0 Å². The summed E-state index contributed by atoms with van der Waals surface area (Å²) in [5, 5.41) is 14.1. The highest BCUT2D eigenvalue weighted by molar-refractivity contribution is 5.99. The van der Waals surface area contributed by atoms with Crippen molar-refractivity contribution in [2.45, 2.75) is 39.4 Å². The summed E-state index contributed by atoms with van der Waals surface area (Å²) in [4.78, 5) is 40.8. The van der Waals surface area contributed by atoms with Crippen LogP contribution < -0.4 is 10.2 Å². The van der Waals surface area contributed by atoms with Crippen LogP contribution in [0.1, 0.15) is 25.0 Å². The van der Waals surface area contributed by atoms with E-state index in [-0.39, 0.29) is 6.54 Å². The lowest BCUT2D eigenvalue weighted by Crippen LogP contribution is -2.58. The van der Waals surface area contributed by atoms with Gasteiger partial charge in [-0.1, -0.05) is 35.4 Å². The zero-order valence-corrected chi connectivity index (χ0v) is 18.8. The molecule has 0 bridgehead atoms. The fraction of sp³-hybridized carbons (Fsp3) is 0.348. The van der Waals surface area contributed by atoms with E-state index in [1.54, 1.807) is 38.1 Å². The van der Waals surface area contributed by atoms with Gasteiger partial charge in [-0.15, -0.1) is 0 Å². The fourth-order valence-corrected chi connectivity index (χ4v) is 3.70. The lowest BCUT2D eigenvalue weighted by molar-refractivity contribution is -0.143. The molecule has 9 heteroatoms. The van der Waals surface area contributed by atoms with Crippen LogP contribution >= 0.6 is 0 Å². The molecular weight excluding hydrogens is 412 g/mol. The second kappa shape index (κ2) is 8.88. The number of amides is 4. The predicted molar refractivity (Wildman–Crippen MR) is 119 cm³/mol. The molecule has 1 fully saturated rings. The first-order valence-corrected chi connectivity index (χ1v) is 10.2. The number of carbonyl (C=O) groups is 3. The van der Waals surface area contributed by atoms with Crippen molar-refractivity contribution in [2.24, 2.45) is 0 Å². The number of esters is 1. The Balaban J connectivity index is 1.98. The van der Waals surface area contributed by atoms with Gasteiger partial charge in [-0.2, -0.15) is 5.06 Å². The van der Waals surface area contributed by atoms with Crippen LogP contribution in [0, 0.1) is 13.8 Å². The maximum Gasteiger partial charge on any atom is 0.347 e. The molecule has 32 heavy (non-hydrogen) atoms. The first kappa shape index (κ1) is 23.1. The Hall–Kier alpha value is -3.59. The molecule has 1 atom stereocenters. The topological polar surface area (TPSA) is 102 Å². The van der Waals surface area contributed by atoms with Crippen LogP contribution in [0.2, 0.25) is 0 Å². The molecule has 0 radical (unpaired) electrons. The monoisotopic (exact) mass is 440 g/mol. The molecule has 1 heterocycles. The van der Waals surface area contributed by atoms with Gasteiger partial charge in [0.15, 0.2) is 6.17 Å². The van der Waals surface area contributed by atoms with Crippen molar-refractivity contribution in [3.05, 3.63) is 59.7 Å². The average Bonchev–Trinajstić information content (AvgIpc) is 2.95. The number of nitrogens with one attached hydrogen (secondary N) is 1. The van der Waals surface area contributed by atoms with Crippen molar-refractivity contribution in [1.82, 2.24) is 9.96 Å². The van der Waals surface area contributed by atoms with E-state index in [1.807, 2.05) is 38.1 Å². The Morgan fingerprint density at radius 2 is 1.59 bits per heavy atom. The van der Waals surface area contributed by atoms with E-state index in [2.05, 4.69) is 5.32 Å². The lowest BCUT2D eigenvalue weighted by Gasteiger charge is -2.38. The molecule has 0 unspecified atom stereocenters. The number of hydroxylamine groups is 2. The number of nitrogens with zero attached hydrogens (tertiary/aromatic N) is 3. The normalized spacial score (nSPS) is 17.3. The zero-order valence-electron chi connectivity index (χ0n) is 18.8. The largest absolute Gasteiger partial charge is 0.468 e. The van der Waals surface area contributed by atoms with Gasteiger partial charge in [0, 0.05) is 11.4 Å². The van der Waals surface area contributed by atoms with Gasteiger partial charge < -0.3 is 15.0 Å². The van der Waals surface area contributed by atoms with Crippen LogP contribution in [-0.2, 0) is 9.53 Å². The molecule has 170 valence electrons. The number of urea groups is 2. The number of hydrogen-bond acceptors (Lipinski definition) is 5. The third-order valence-corrected chi connectivity index (χ3v) is 5.58. The van der Waals surface area contributed by atoms with Crippen LogP contribution in [0.25, 0.3) is 0 Å². The molecule has 2 aromatic rings. The molecule has 2 N–H and O–H groups in total. The number of benzene rings is 2. The highest BCUT2D eigenvalue weighted by Crippen LogP contribution is 2.38. The Labute approximate surface area is 187 Å². The second-order valence-electron chi connectivity index (χ2n) is 8.32. The van der Waals surface area contributed by atoms with Crippen molar-refractivity contribution < 1.29 is 24.3 Å². The SMILES string of the molecule is COC(=O)CN1C(=O)N(c2ccc(C)cc2)[C@@H](N(O)C(=O)Nc2ccc(C)cc2)C1(C)C. The summed E-state index contributed by atoms with van der Waals surface area (Å²) in [6.45, 7) is 6.86. The third-order valence-electron chi connectivity index (χ3n) is 5.58. The maximum absolute atomic E-state index is 13.4. The van der Waals surface area contributed by atoms with E-state index in [0.29, 0.717) is 16.4 Å². The van der Waals surface area contributed by atoms with Crippen LogP contribution in [-0.4, -0.2) is 58.6 Å². The summed E-state index contributed by atoms with van der Waals surface area (Å²) in [6.07, 6.45) is -1.12. The molecule has 0 saturated carbocycles. The smallest absolute Gasteiger partial charge is 0.347 e. The predicted octanol–water partition coefficient (Wildman–Crippen LogP) is 3.75. The van der Waals surface area contributed by atoms with Crippen molar-refractivity contribution >= 4 is 29.4 Å². The molecular formula is C23H28N4O5. The first-order valence-electron chi connectivity index (χ1n) is 10.2. The van der Waals surface area contributed by atoms with Gasteiger partial charge in [0.05, 0.1) is 12.6 Å². The highest BCUT2D eigenvalue weighted by atomic mass is 16.5.